The van der Waals surface area contributed by atoms with Crippen molar-refractivity contribution >= 4 is 11.9 Å². The molecule has 1 amide bonds. The van der Waals surface area contributed by atoms with Crippen LogP contribution < -0.4 is 0 Å². The third kappa shape index (κ3) is 3.26. The first-order chi connectivity index (χ1) is 11.2. The van der Waals surface area contributed by atoms with Crippen LogP contribution in [0.2, 0.25) is 0 Å². The third-order valence-electron chi connectivity index (χ3n) is 4.33. The van der Waals surface area contributed by atoms with E-state index in [2.05, 4.69) is 12.1 Å². The van der Waals surface area contributed by atoms with E-state index in [1.165, 1.54) is 12.1 Å². The van der Waals surface area contributed by atoms with E-state index in [0.717, 1.165) is 31.4 Å². The van der Waals surface area contributed by atoms with Crippen molar-refractivity contribution in [2.45, 2.75) is 25.3 Å². The number of benzene rings is 2. The molecule has 23 heavy (non-hydrogen) atoms. The molecule has 0 saturated carbocycles. The van der Waals surface area contributed by atoms with Gasteiger partial charge in [-0.15, -0.1) is 0 Å². The van der Waals surface area contributed by atoms with E-state index >= 15 is 0 Å². The smallest absolute Gasteiger partial charge is 0.335 e. The summed E-state index contributed by atoms with van der Waals surface area (Å²) >= 11 is 0. The molecule has 0 spiro atoms. The summed E-state index contributed by atoms with van der Waals surface area (Å²) in [6, 6.07) is 16.3. The molecule has 1 saturated heterocycles. The Hall–Kier alpha value is -2.62. The molecule has 3 rings (SSSR count). The lowest BCUT2D eigenvalue weighted by molar-refractivity contribution is 0.0609. The average molecular weight is 309 g/mol. The number of carbonyl (C=O) groups is 2. The Morgan fingerprint density at radius 1 is 0.913 bits per heavy atom. The molecular formula is C19H19NO3. The van der Waals surface area contributed by atoms with Crippen LogP contribution in [0.15, 0.2) is 54.6 Å². The van der Waals surface area contributed by atoms with E-state index in [1.54, 1.807) is 12.1 Å². The molecule has 0 aliphatic carbocycles. The van der Waals surface area contributed by atoms with E-state index in [4.69, 9.17) is 5.11 Å². The van der Waals surface area contributed by atoms with E-state index < -0.39 is 5.97 Å². The van der Waals surface area contributed by atoms with Crippen LogP contribution in [0, 0.1) is 0 Å². The molecule has 1 N–H and O–H groups in total. The number of carboxylic acids is 1. The Kier molecular flexibility index (Phi) is 4.42. The molecule has 1 heterocycles. The summed E-state index contributed by atoms with van der Waals surface area (Å²) in [5, 5.41) is 8.96. The quantitative estimate of drug-likeness (QED) is 0.939. The van der Waals surface area contributed by atoms with E-state index in [-0.39, 0.29) is 17.5 Å². The van der Waals surface area contributed by atoms with E-state index in [9.17, 15) is 9.59 Å². The van der Waals surface area contributed by atoms with Crippen molar-refractivity contribution in [2.75, 3.05) is 6.54 Å². The van der Waals surface area contributed by atoms with Gasteiger partial charge in [-0.25, -0.2) is 4.79 Å². The zero-order chi connectivity index (χ0) is 16.2. The predicted molar refractivity (Wildman–Crippen MR) is 87.5 cm³/mol. The zero-order valence-corrected chi connectivity index (χ0v) is 12.8. The van der Waals surface area contributed by atoms with Gasteiger partial charge in [-0.05, 0) is 49.1 Å². The summed E-state index contributed by atoms with van der Waals surface area (Å²) in [7, 11) is 0. The molecule has 4 heteroatoms. The standard InChI is InChI=1S/C19H19NO3/c21-18(15-9-11-16(12-10-15)19(22)23)20-13-5-4-8-17(20)14-6-2-1-3-7-14/h1-3,6-7,9-12,17H,4-5,8,13H2,(H,22,23). The van der Waals surface area contributed by atoms with Gasteiger partial charge in [0.15, 0.2) is 0 Å². The molecule has 0 aromatic heterocycles. The Morgan fingerprint density at radius 3 is 2.22 bits per heavy atom. The number of amides is 1. The fraction of sp³-hybridized carbons (Fsp3) is 0.263. The summed E-state index contributed by atoms with van der Waals surface area (Å²) < 4.78 is 0. The van der Waals surface area contributed by atoms with Crippen LogP contribution in [0.25, 0.3) is 0 Å². The second kappa shape index (κ2) is 6.65. The van der Waals surface area contributed by atoms with Crippen molar-refractivity contribution in [2.24, 2.45) is 0 Å². The number of nitrogens with zero attached hydrogens (tertiary/aromatic N) is 1. The third-order valence-corrected chi connectivity index (χ3v) is 4.33. The van der Waals surface area contributed by atoms with Crippen LogP contribution >= 0.6 is 0 Å². The molecule has 1 unspecified atom stereocenters. The second-order valence-electron chi connectivity index (χ2n) is 5.80. The highest BCUT2D eigenvalue weighted by molar-refractivity contribution is 5.96. The normalized spacial score (nSPS) is 17.7. The second-order valence-corrected chi connectivity index (χ2v) is 5.80. The van der Waals surface area contributed by atoms with Crippen LogP contribution in [0.1, 0.15) is 51.6 Å². The largest absolute Gasteiger partial charge is 0.478 e. The average Bonchev–Trinajstić information content (AvgIpc) is 2.62. The molecule has 1 aliphatic heterocycles. The number of piperidine rings is 1. The van der Waals surface area contributed by atoms with Crippen LogP contribution in [0.4, 0.5) is 0 Å². The van der Waals surface area contributed by atoms with Gasteiger partial charge in [-0.2, -0.15) is 0 Å². The predicted octanol–water partition coefficient (Wildman–Crippen LogP) is 3.75. The molecular weight excluding hydrogens is 290 g/mol. The van der Waals surface area contributed by atoms with Crippen molar-refractivity contribution in [3.8, 4) is 0 Å². The first-order valence-corrected chi connectivity index (χ1v) is 7.86. The Balaban J connectivity index is 1.85. The van der Waals surface area contributed by atoms with Crippen LogP contribution in [0.3, 0.4) is 0 Å². The van der Waals surface area contributed by atoms with Gasteiger partial charge in [0.25, 0.3) is 5.91 Å². The van der Waals surface area contributed by atoms with Gasteiger partial charge in [0.05, 0.1) is 11.6 Å². The molecule has 2 aromatic rings. The van der Waals surface area contributed by atoms with Gasteiger partial charge in [0.1, 0.15) is 0 Å². The Morgan fingerprint density at radius 2 is 1.57 bits per heavy atom. The van der Waals surface area contributed by atoms with Crippen LogP contribution in [-0.2, 0) is 0 Å². The minimum absolute atomic E-state index is 0.0320. The monoisotopic (exact) mass is 309 g/mol. The molecule has 1 atom stereocenters. The van der Waals surface area contributed by atoms with Gasteiger partial charge >= 0.3 is 5.97 Å². The fourth-order valence-corrected chi connectivity index (χ4v) is 3.12. The lowest BCUT2D eigenvalue weighted by Crippen LogP contribution is -2.38. The number of carbonyl (C=O) groups excluding carboxylic acids is 1. The van der Waals surface area contributed by atoms with Crippen molar-refractivity contribution in [1.82, 2.24) is 4.90 Å². The number of aromatic carboxylic acids is 1. The number of hydrogen-bond acceptors (Lipinski definition) is 2. The lowest BCUT2D eigenvalue weighted by Gasteiger charge is -2.36. The van der Waals surface area contributed by atoms with Crippen LogP contribution in [-0.4, -0.2) is 28.4 Å². The van der Waals surface area contributed by atoms with E-state index in [0.29, 0.717) is 5.56 Å². The number of hydrogen-bond donors (Lipinski definition) is 1. The first-order valence-electron chi connectivity index (χ1n) is 7.86. The maximum Gasteiger partial charge on any atom is 0.335 e. The van der Waals surface area contributed by atoms with Gasteiger partial charge in [0, 0.05) is 12.1 Å². The summed E-state index contributed by atoms with van der Waals surface area (Å²) in [6.07, 6.45) is 3.08. The van der Waals surface area contributed by atoms with Crippen LogP contribution in [0.5, 0.6) is 0 Å². The molecule has 4 nitrogen and oxygen atoms in total. The van der Waals surface area contributed by atoms with Crippen molar-refractivity contribution < 1.29 is 14.7 Å². The SMILES string of the molecule is O=C(O)c1ccc(C(=O)N2CCCCC2c2ccccc2)cc1. The summed E-state index contributed by atoms with van der Waals surface area (Å²) in [4.78, 5) is 25.7. The highest BCUT2D eigenvalue weighted by Crippen LogP contribution is 2.32. The number of likely N-dealkylation sites (tertiary alicyclic amines) is 1. The summed E-state index contributed by atoms with van der Waals surface area (Å²) in [5.74, 6) is -1.01. The van der Waals surface area contributed by atoms with Gasteiger partial charge in [-0.3, -0.25) is 4.79 Å². The zero-order valence-electron chi connectivity index (χ0n) is 12.8. The number of carboxylic acid groups (broad SMARTS) is 1. The molecule has 0 radical (unpaired) electrons. The molecule has 1 aliphatic rings. The maximum atomic E-state index is 12.8. The fourth-order valence-electron chi connectivity index (χ4n) is 3.12. The first kappa shape index (κ1) is 15.3. The topological polar surface area (TPSA) is 57.6 Å². The molecule has 0 bridgehead atoms. The van der Waals surface area contributed by atoms with Gasteiger partial charge in [-0.1, -0.05) is 30.3 Å². The maximum absolute atomic E-state index is 12.8. The minimum Gasteiger partial charge on any atom is -0.478 e. The number of rotatable bonds is 3. The minimum atomic E-state index is -0.982. The summed E-state index contributed by atoms with van der Waals surface area (Å²) in [6.45, 7) is 0.735. The lowest BCUT2D eigenvalue weighted by atomic mass is 9.94. The van der Waals surface area contributed by atoms with Crippen molar-refractivity contribution in [1.29, 1.82) is 0 Å². The highest BCUT2D eigenvalue weighted by atomic mass is 16.4. The van der Waals surface area contributed by atoms with Crippen molar-refractivity contribution in [3.63, 3.8) is 0 Å². The Labute approximate surface area is 135 Å². The summed E-state index contributed by atoms with van der Waals surface area (Å²) in [5.41, 5.74) is 1.89. The highest BCUT2D eigenvalue weighted by Gasteiger charge is 2.28. The van der Waals surface area contributed by atoms with Gasteiger partial charge < -0.3 is 10.0 Å². The molecule has 1 fully saturated rings. The van der Waals surface area contributed by atoms with Crippen molar-refractivity contribution in [3.05, 3.63) is 71.3 Å². The molecule has 118 valence electrons. The molecule has 2 aromatic carbocycles. The van der Waals surface area contributed by atoms with E-state index in [1.807, 2.05) is 23.1 Å². The Bertz CT molecular complexity index is 694. The van der Waals surface area contributed by atoms with Gasteiger partial charge in [0.2, 0.25) is 0 Å².